The Labute approximate surface area is 180 Å². The standard InChI is InChI=1S/C24H21ClN2O3/c1-15-13-17(25)11-12-20(15)27-22(18-8-4-5-9-19(18)24(27)29)23(28)26-14-16-7-3-6-10-21(16)30-2/h3-13,22H,14H2,1-2H3,(H,26,28)/t22-/m1/s1. The van der Waals surface area contributed by atoms with E-state index in [1.807, 2.05) is 43.3 Å². The topological polar surface area (TPSA) is 58.6 Å². The Morgan fingerprint density at radius 1 is 1.10 bits per heavy atom. The highest BCUT2D eigenvalue weighted by Gasteiger charge is 2.42. The van der Waals surface area contributed by atoms with Gasteiger partial charge in [-0.2, -0.15) is 0 Å². The van der Waals surface area contributed by atoms with Crippen LogP contribution in [0.1, 0.15) is 33.1 Å². The van der Waals surface area contributed by atoms with E-state index in [0.717, 1.165) is 11.1 Å². The summed E-state index contributed by atoms with van der Waals surface area (Å²) in [6.07, 6.45) is 0. The van der Waals surface area contributed by atoms with Crippen molar-refractivity contribution in [1.29, 1.82) is 0 Å². The van der Waals surface area contributed by atoms with Gasteiger partial charge in [0.25, 0.3) is 5.91 Å². The number of para-hydroxylation sites is 1. The van der Waals surface area contributed by atoms with Crippen LogP contribution in [0.5, 0.6) is 5.75 Å². The van der Waals surface area contributed by atoms with Gasteiger partial charge >= 0.3 is 0 Å². The number of nitrogens with one attached hydrogen (secondary N) is 1. The molecule has 0 saturated carbocycles. The lowest BCUT2D eigenvalue weighted by molar-refractivity contribution is -0.122. The number of amides is 2. The van der Waals surface area contributed by atoms with Crippen molar-refractivity contribution in [3.63, 3.8) is 0 Å². The Kier molecular flexibility index (Phi) is 5.46. The molecule has 0 saturated heterocycles. The summed E-state index contributed by atoms with van der Waals surface area (Å²) in [5, 5.41) is 3.55. The van der Waals surface area contributed by atoms with Crippen LogP contribution >= 0.6 is 11.6 Å². The molecule has 0 aromatic heterocycles. The van der Waals surface area contributed by atoms with Crippen LogP contribution in [0, 0.1) is 6.92 Å². The number of rotatable bonds is 5. The van der Waals surface area contributed by atoms with Crippen LogP contribution < -0.4 is 15.0 Å². The molecular weight excluding hydrogens is 400 g/mol. The van der Waals surface area contributed by atoms with E-state index in [0.29, 0.717) is 34.1 Å². The maximum atomic E-state index is 13.3. The van der Waals surface area contributed by atoms with Gasteiger partial charge < -0.3 is 10.1 Å². The smallest absolute Gasteiger partial charge is 0.259 e. The average Bonchev–Trinajstić information content (AvgIpc) is 3.05. The summed E-state index contributed by atoms with van der Waals surface area (Å²) in [7, 11) is 1.59. The molecule has 0 unspecified atom stereocenters. The highest BCUT2D eigenvalue weighted by molar-refractivity contribution is 6.30. The zero-order valence-electron chi connectivity index (χ0n) is 16.7. The van der Waals surface area contributed by atoms with Crippen LogP contribution in [0.3, 0.4) is 0 Å². The Morgan fingerprint density at radius 2 is 1.83 bits per heavy atom. The van der Waals surface area contributed by atoms with E-state index in [1.54, 1.807) is 42.3 Å². The Bertz CT molecular complexity index is 1130. The second-order valence-corrected chi connectivity index (χ2v) is 7.56. The molecule has 6 heteroatoms. The number of anilines is 1. The molecule has 30 heavy (non-hydrogen) atoms. The number of hydrogen-bond acceptors (Lipinski definition) is 3. The Hall–Kier alpha value is -3.31. The molecule has 1 aliphatic rings. The van der Waals surface area contributed by atoms with Gasteiger partial charge in [0, 0.05) is 28.4 Å². The first kappa shape index (κ1) is 20.0. The second kappa shape index (κ2) is 8.20. The minimum atomic E-state index is -0.761. The van der Waals surface area contributed by atoms with Crippen LogP contribution in [0.25, 0.3) is 0 Å². The molecule has 3 aromatic rings. The number of ether oxygens (including phenoxy) is 1. The predicted octanol–water partition coefficient (Wildman–Crippen LogP) is 4.67. The third-order valence-corrected chi connectivity index (χ3v) is 5.51. The normalized spacial score (nSPS) is 15.1. The number of hydrogen-bond donors (Lipinski definition) is 1. The van der Waals surface area contributed by atoms with Crippen LogP contribution in [0.4, 0.5) is 5.69 Å². The van der Waals surface area contributed by atoms with Gasteiger partial charge in [-0.3, -0.25) is 14.5 Å². The molecule has 3 aromatic carbocycles. The van der Waals surface area contributed by atoms with Crippen molar-refractivity contribution in [1.82, 2.24) is 5.32 Å². The van der Waals surface area contributed by atoms with Gasteiger partial charge in [-0.05, 0) is 48.4 Å². The molecule has 0 spiro atoms. The van der Waals surface area contributed by atoms with Crippen LogP contribution in [-0.4, -0.2) is 18.9 Å². The predicted molar refractivity (Wildman–Crippen MR) is 117 cm³/mol. The zero-order valence-corrected chi connectivity index (χ0v) is 17.4. The van der Waals surface area contributed by atoms with E-state index in [-0.39, 0.29) is 11.8 Å². The van der Waals surface area contributed by atoms with Crippen molar-refractivity contribution in [3.05, 3.63) is 94.0 Å². The highest BCUT2D eigenvalue weighted by atomic mass is 35.5. The number of aryl methyl sites for hydroxylation is 1. The quantitative estimate of drug-likeness (QED) is 0.652. The average molecular weight is 421 g/mol. The third-order valence-electron chi connectivity index (χ3n) is 5.28. The van der Waals surface area contributed by atoms with Gasteiger partial charge in [0.1, 0.15) is 11.8 Å². The molecule has 1 atom stereocenters. The van der Waals surface area contributed by atoms with Crippen molar-refractivity contribution in [3.8, 4) is 5.75 Å². The lowest BCUT2D eigenvalue weighted by Crippen LogP contribution is -2.39. The first-order chi connectivity index (χ1) is 14.5. The van der Waals surface area contributed by atoms with Crippen molar-refractivity contribution < 1.29 is 14.3 Å². The third kappa shape index (κ3) is 3.53. The number of nitrogens with zero attached hydrogens (tertiary/aromatic N) is 1. The van der Waals surface area contributed by atoms with E-state index < -0.39 is 6.04 Å². The number of fused-ring (bicyclic) bond motifs is 1. The van der Waals surface area contributed by atoms with E-state index >= 15 is 0 Å². The summed E-state index contributed by atoms with van der Waals surface area (Å²) in [6.45, 7) is 2.17. The minimum absolute atomic E-state index is 0.200. The molecule has 5 nitrogen and oxygen atoms in total. The summed E-state index contributed by atoms with van der Waals surface area (Å²) < 4.78 is 5.37. The molecule has 0 fully saturated rings. The number of benzene rings is 3. The number of carbonyl (C=O) groups is 2. The van der Waals surface area contributed by atoms with Gasteiger partial charge in [-0.1, -0.05) is 48.0 Å². The van der Waals surface area contributed by atoms with Gasteiger partial charge in [-0.15, -0.1) is 0 Å². The van der Waals surface area contributed by atoms with Gasteiger partial charge in [0.05, 0.1) is 7.11 Å². The van der Waals surface area contributed by atoms with Gasteiger partial charge in [0.15, 0.2) is 0 Å². The van der Waals surface area contributed by atoms with Crippen molar-refractivity contribution in [2.24, 2.45) is 0 Å². The van der Waals surface area contributed by atoms with E-state index in [1.165, 1.54) is 0 Å². The van der Waals surface area contributed by atoms with E-state index in [4.69, 9.17) is 16.3 Å². The molecule has 152 valence electrons. The molecule has 2 amide bonds. The molecule has 4 rings (SSSR count). The fraction of sp³-hybridized carbons (Fsp3) is 0.167. The fourth-order valence-corrected chi connectivity index (χ4v) is 4.07. The fourth-order valence-electron chi connectivity index (χ4n) is 3.84. The Balaban J connectivity index is 1.69. The summed E-state index contributed by atoms with van der Waals surface area (Å²) in [5.74, 6) is 0.244. The first-order valence-corrected chi connectivity index (χ1v) is 9.97. The monoisotopic (exact) mass is 420 g/mol. The van der Waals surface area contributed by atoms with Gasteiger partial charge in [0.2, 0.25) is 5.91 Å². The van der Waals surface area contributed by atoms with Crippen molar-refractivity contribution >= 4 is 29.1 Å². The number of halogens is 1. The molecule has 0 aliphatic carbocycles. The second-order valence-electron chi connectivity index (χ2n) is 7.13. The van der Waals surface area contributed by atoms with E-state index in [2.05, 4.69) is 5.32 Å². The zero-order chi connectivity index (χ0) is 21.3. The molecule has 1 aliphatic heterocycles. The van der Waals surface area contributed by atoms with E-state index in [9.17, 15) is 9.59 Å². The largest absolute Gasteiger partial charge is 0.496 e. The Morgan fingerprint density at radius 3 is 2.60 bits per heavy atom. The minimum Gasteiger partial charge on any atom is -0.496 e. The van der Waals surface area contributed by atoms with Crippen LogP contribution in [0.2, 0.25) is 5.02 Å². The summed E-state index contributed by atoms with van der Waals surface area (Å²) >= 11 is 6.10. The molecule has 1 heterocycles. The maximum Gasteiger partial charge on any atom is 0.259 e. The van der Waals surface area contributed by atoms with Crippen LogP contribution in [0.15, 0.2) is 66.7 Å². The van der Waals surface area contributed by atoms with Crippen molar-refractivity contribution in [2.75, 3.05) is 12.0 Å². The molecular formula is C24H21ClN2O3. The summed E-state index contributed by atoms with van der Waals surface area (Å²) in [5.41, 5.74) is 3.57. The van der Waals surface area contributed by atoms with Crippen LogP contribution in [-0.2, 0) is 11.3 Å². The molecule has 0 radical (unpaired) electrons. The number of carbonyl (C=O) groups excluding carboxylic acids is 2. The highest BCUT2D eigenvalue weighted by Crippen LogP contribution is 2.39. The molecule has 0 bridgehead atoms. The lowest BCUT2D eigenvalue weighted by atomic mass is 10.0. The summed E-state index contributed by atoms with van der Waals surface area (Å²) in [4.78, 5) is 28.1. The molecule has 1 N–H and O–H groups in total. The SMILES string of the molecule is COc1ccccc1CNC(=O)[C@H]1c2ccccc2C(=O)N1c1ccc(Cl)cc1C. The van der Waals surface area contributed by atoms with Crippen molar-refractivity contribution in [2.45, 2.75) is 19.5 Å². The van der Waals surface area contributed by atoms with Gasteiger partial charge in [-0.25, -0.2) is 0 Å². The maximum absolute atomic E-state index is 13.3. The summed E-state index contributed by atoms with van der Waals surface area (Å²) in [6, 6.07) is 19.3. The first-order valence-electron chi connectivity index (χ1n) is 9.59. The number of methoxy groups -OCH3 is 1. The lowest BCUT2D eigenvalue weighted by Gasteiger charge is -2.26.